The lowest BCUT2D eigenvalue weighted by molar-refractivity contribution is -0.156. The van der Waals surface area contributed by atoms with E-state index >= 15 is 0 Å². The Morgan fingerprint density at radius 3 is 2.50 bits per heavy atom. The van der Waals surface area contributed by atoms with Crippen molar-refractivity contribution in [2.24, 2.45) is 0 Å². The molecule has 1 rings (SSSR count). The van der Waals surface area contributed by atoms with E-state index in [-0.39, 0.29) is 12.2 Å². The summed E-state index contributed by atoms with van der Waals surface area (Å²) in [6.07, 6.45) is -1.66. The van der Waals surface area contributed by atoms with E-state index in [0.717, 1.165) is 0 Å². The van der Waals surface area contributed by atoms with E-state index in [1.54, 1.807) is 19.1 Å². The number of esters is 1. The van der Waals surface area contributed by atoms with Gasteiger partial charge in [0.1, 0.15) is 11.9 Å². The molecule has 0 bridgehead atoms. The zero-order chi connectivity index (χ0) is 13.8. The summed E-state index contributed by atoms with van der Waals surface area (Å²) in [7, 11) is 1.49. The second-order valence-electron chi connectivity index (χ2n) is 3.52. The lowest BCUT2D eigenvalue weighted by Gasteiger charge is -2.22. The highest BCUT2D eigenvalue weighted by Crippen LogP contribution is 2.37. The first-order valence-corrected chi connectivity index (χ1v) is 6.09. The summed E-state index contributed by atoms with van der Waals surface area (Å²) in [4.78, 5) is 11.4. The Morgan fingerprint density at radius 1 is 1.50 bits per heavy atom. The minimum absolute atomic E-state index is 0.0332. The Hall–Kier alpha value is -1.14. The van der Waals surface area contributed by atoms with Crippen LogP contribution in [0.3, 0.4) is 0 Å². The highest BCUT2D eigenvalue weighted by atomic mass is 79.9. The maximum atomic E-state index is 14.1. The molecule has 4 nitrogen and oxygen atoms in total. The van der Waals surface area contributed by atoms with Gasteiger partial charge in [-0.15, -0.1) is 0 Å². The average Bonchev–Trinajstić information content (AvgIpc) is 2.38. The Bertz CT molecular complexity index is 405. The smallest absolute Gasteiger partial charge is 0.358 e. The largest absolute Gasteiger partial charge is 0.497 e. The average molecular weight is 321 g/mol. The molecule has 0 amide bonds. The van der Waals surface area contributed by atoms with Crippen molar-refractivity contribution in [3.63, 3.8) is 0 Å². The van der Waals surface area contributed by atoms with Crippen LogP contribution in [0.15, 0.2) is 24.3 Å². The highest BCUT2D eigenvalue weighted by Gasteiger charge is 2.45. The fourth-order valence-electron chi connectivity index (χ4n) is 1.33. The van der Waals surface area contributed by atoms with Crippen LogP contribution in [-0.4, -0.2) is 29.4 Å². The standard InChI is InChI=1S/C12H14BrFO4/c1-3-18-11(16)12(13,14)10(15)8-4-6-9(17-2)7-5-8/h4-7,10,15H,3H2,1-2H3. The summed E-state index contributed by atoms with van der Waals surface area (Å²) in [6.45, 7) is 1.59. The van der Waals surface area contributed by atoms with Crippen LogP contribution in [0.2, 0.25) is 0 Å². The number of carbonyl (C=O) groups excluding carboxylic acids is 1. The lowest BCUT2D eigenvalue weighted by atomic mass is 10.1. The van der Waals surface area contributed by atoms with Crippen LogP contribution >= 0.6 is 15.9 Å². The summed E-state index contributed by atoms with van der Waals surface area (Å²) in [6, 6.07) is 6.07. The Morgan fingerprint density at radius 2 is 2.06 bits per heavy atom. The number of benzene rings is 1. The summed E-state index contributed by atoms with van der Waals surface area (Å²) < 4.78 is 20.9. The lowest BCUT2D eigenvalue weighted by Crippen LogP contribution is -2.35. The SMILES string of the molecule is CCOC(=O)C(F)(Br)C(O)c1ccc(OC)cc1. The van der Waals surface area contributed by atoms with E-state index in [2.05, 4.69) is 20.7 Å². The molecule has 1 aromatic carbocycles. The molecule has 6 heteroatoms. The van der Waals surface area contributed by atoms with E-state index in [9.17, 15) is 14.3 Å². The molecule has 1 N–H and O–H groups in total. The zero-order valence-electron chi connectivity index (χ0n) is 10.0. The third-order valence-electron chi connectivity index (χ3n) is 2.32. The van der Waals surface area contributed by atoms with Gasteiger partial charge in [-0.2, -0.15) is 0 Å². The van der Waals surface area contributed by atoms with Crippen molar-refractivity contribution >= 4 is 21.9 Å². The van der Waals surface area contributed by atoms with E-state index in [1.165, 1.54) is 19.2 Å². The molecule has 0 fully saturated rings. The van der Waals surface area contributed by atoms with Gasteiger partial charge >= 0.3 is 5.97 Å². The zero-order valence-corrected chi connectivity index (χ0v) is 11.6. The normalized spacial score (nSPS) is 15.6. The van der Waals surface area contributed by atoms with Crippen LogP contribution in [0.25, 0.3) is 0 Å². The number of carbonyl (C=O) groups is 1. The fourth-order valence-corrected chi connectivity index (χ4v) is 1.71. The Kier molecular flexibility index (Phi) is 5.10. The van der Waals surface area contributed by atoms with Crippen molar-refractivity contribution in [2.75, 3.05) is 13.7 Å². The molecule has 18 heavy (non-hydrogen) atoms. The number of aliphatic hydroxyl groups excluding tert-OH is 1. The Balaban J connectivity index is 2.90. The second kappa shape index (κ2) is 6.15. The van der Waals surface area contributed by atoms with Crippen LogP contribution in [0.1, 0.15) is 18.6 Å². The molecule has 0 heterocycles. The van der Waals surface area contributed by atoms with E-state index in [1.807, 2.05) is 0 Å². The molecule has 0 aliphatic heterocycles. The second-order valence-corrected chi connectivity index (χ2v) is 4.67. The first kappa shape index (κ1) is 14.9. The molecule has 0 aromatic heterocycles. The number of hydrogen-bond donors (Lipinski definition) is 1. The molecule has 0 saturated heterocycles. The van der Waals surface area contributed by atoms with E-state index < -0.39 is 16.7 Å². The van der Waals surface area contributed by atoms with E-state index in [4.69, 9.17) is 4.74 Å². The molecular weight excluding hydrogens is 307 g/mol. The van der Waals surface area contributed by atoms with Crippen molar-refractivity contribution in [1.82, 2.24) is 0 Å². The first-order valence-electron chi connectivity index (χ1n) is 5.30. The molecule has 1 aromatic rings. The van der Waals surface area contributed by atoms with Crippen molar-refractivity contribution in [3.8, 4) is 5.75 Å². The monoisotopic (exact) mass is 320 g/mol. The van der Waals surface area contributed by atoms with Gasteiger partial charge in [-0.1, -0.05) is 12.1 Å². The molecule has 0 aliphatic carbocycles. The predicted molar refractivity (Wildman–Crippen MR) is 67.4 cm³/mol. The molecular formula is C12H14BrFO4. The molecule has 2 unspecified atom stereocenters. The summed E-state index contributed by atoms with van der Waals surface area (Å²) in [5, 5.41) is 9.85. The van der Waals surface area contributed by atoms with E-state index in [0.29, 0.717) is 5.75 Å². The number of methoxy groups -OCH3 is 1. The summed E-state index contributed by atoms with van der Waals surface area (Å²) in [5.74, 6) is -0.588. The van der Waals surface area contributed by atoms with Crippen LogP contribution in [0, 0.1) is 0 Å². The third kappa shape index (κ3) is 3.20. The van der Waals surface area contributed by atoms with Gasteiger partial charge in [0, 0.05) is 0 Å². The predicted octanol–water partition coefficient (Wildman–Crippen LogP) is 2.35. The fraction of sp³-hybridized carbons (Fsp3) is 0.417. The molecule has 0 saturated carbocycles. The number of aliphatic hydroxyl groups is 1. The maximum Gasteiger partial charge on any atom is 0.358 e. The van der Waals surface area contributed by atoms with Crippen molar-refractivity contribution < 1.29 is 23.8 Å². The van der Waals surface area contributed by atoms with Crippen LogP contribution < -0.4 is 4.74 Å². The van der Waals surface area contributed by atoms with Crippen LogP contribution in [0.4, 0.5) is 4.39 Å². The van der Waals surface area contributed by atoms with Crippen LogP contribution in [-0.2, 0) is 9.53 Å². The van der Waals surface area contributed by atoms with Crippen molar-refractivity contribution in [1.29, 1.82) is 0 Å². The topological polar surface area (TPSA) is 55.8 Å². The molecule has 0 radical (unpaired) electrons. The van der Waals surface area contributed by atoms with Crippen LogP contribution in [0.5, 0.6) is 5.75 Å². The van der Waals surface area contributed by atoms with Gasteiger partial charge in [0.15, 0.2) is 0 Å². The molecule has 2 atom stereocenters. The van der Waals surface area contributed by atoms with Gasteiger partial charge in [0.05, 0.1) is 13.7 Å². The highest BCUT2D eigenvalue weighted by molar-refractivity contribution is 9.10. The van der Waals surface area contributed by atoms with Crippen molar-refractivity contribution in [2.45, 2.75) is 17.6 Å². The number of alkyl halides is 2. The Labute approximate surface area is 113 Å². The van der Waals surface area contributed by atoms with Gasteiger partial charge < -0.3 is 14.6 Å². The third-order valence-corrected chi connectivity index (χ3v) is 3.08. The number of hydrogen-bond acceptors (Lipinski definition) is 4. The maximum absolute atomic E-state index is 14.1. The number of rotatable bonds is 5. The van der Waals surface area contributed by atoms with Gasteiger partial charge in [-0.25, -0.2) is 9.18 Å². The minimum Gasteiger partial charge on any atom is -0.497 e. The van der Waals surface area contributed by atoms with Gasteiger partial charge in [-0.05, 0) is 40.5 Å². The van der Waals surface area contributed by atoms with Gasteiger partial charge in [0.25, 0.3) is 4.58 Å². The molecule has 0 spiro atoms. The summed E-state index contributed by atoms with van der Waals surface area (Å²) >= 11 is 2.56. The molecule has 100 valence electrons. The first-order chi connectivity index (χ1) is 8.43. The van der Waals surface area contributed by atoms with Crippen molar-refractivity contribution in [3.05, 3.63) is 29.8 Å². The minimum atomic E-state index is -2.67. The summed E-state index contributed by atoms with van der Waals surface area (Å²) in [5.41, 5.74) is 0.239. The molecule has 0 aliphatic rings. The number of ether oxygens (including phenoxy) is 2. The number of halogens is 2. The van der Waals surface area contributed by atoms with Gasteiger partial charge in [0.2, 0.25) is 0 Å². The van der Waals surface area contributed by atoms with Gasteiger partial charge in [-0.3, -0.25) is 0 Å². The quantitative estimate of drug-likeness (QED) is 0.668.